The van der Waals surface area contributed by atoms with Crippen molar-refractivity contribution in [2.45, 2.75) is 31.1 Å². The average Bonchev–Trinajstić information content (AvgIpc) is 3.29. The van der Waals surface area contributed by atoms with Crippen molar-refractivity contribution < 1.29 is 4.79 Å². The summed E-state index contributed by atoms with van der Waals surface area (Å²) in [5.74, 6) is 1.22. The van der Waals surface area contributed by atoms with E-state index in [4.69, 9.17) is 4.98 Å². The molecule has 0 saturated carbocycles. The quantitative estimate of drug-likeness (QED) is 0.659. The van der Waals surface area contributed by atoms with Gasteiger partial charge >= 0.3 is 0 Å². The monoisotopic (exact) mass is 378 g/mol. The number of carbonyl (C=O) groups is 1. The molecule has 5 rings (SSSR count). The van der Waals surface area contributed by atoms with E-state index in [2.05, 4.69) is 20.1 Å². The van der Waals surface area contributed by atoms with Gasteiger partial charge in [0.15, 0.2) is 0 Å². The van der Waals surface area contributed by atoms with Gasteiger partial charge in [0.1, 0.15) is 0 Å². The van der Waals surface area contributed by atoms with Gasteiger partial charge in [-0.3, -0.25) is 4.79 Å². The number of anilines is 1. The molecule has 1 fully saturated rings. The predicted octanol–water partition coefficient (Wildman–Crippen LogP) is 1.10. The van der Waals surface area contributed by atoms with Gasteiger partial charge in [-0.05, 0) is 37.3 Å². The Balaban J connectivity index is 1.46. The minimum Gasteiger partial charge on any atom is -0.347 e. The summed E-state index contributed by atoms with van der Waals surface area (Å²) in [6, 6.07) is 1.77. The molecule has 0 N–H and O–H groups in total. The van der Waals surface area contributed by atoms with Crippen LogP contribution in [0.25, 0.3) is 5.78 Å². The molecule has 28 heavy (non-hydrogen) atoms. The lowest BCUT2D eigenvalue weighted by Crippen LogP contribution is -2.48. The molecule has 1 amide bonds. The third-order valence-corrected chi connectivity index (χ3v) is 5.80. The van der Waals surface area contributed by atoms with Gasteiger partial charge in [-0.2, -0.15) is 4.98 Å². The number of carbonyl (C=O) groups excluding carboxylic acids is 1. The molecule has 0 radical (unpaired) electrons. The largest absolute Gasteiger partial charge is 0.347 e. The number of likely N-dealkylation sites (tertiary alicyclic amines) is 1. The normalized spacial score (nSPS) is 21.3. The minimum absolute atomic E-state index is 0.103. The highest BCUT2D eigenvalue weighted by Crippen LogP contribution is 2.44. The zero-order chi connectivity index (χ0) is 19.3. The smallest absolute Gasteiger partial charge is 0.293 e. The number of piperidine rings is 1. The second-order valence-electron chi connectivity index (χ2n) is 7.85. The summed E-state index contributed by atoms with van der Waals surface area (Å²) < 4.78 is 1.54. The van der Waals surface area contributed by atoms with Crippen LogP contribution in [0.4, 0.5) is 5.95 Å². The second kappa shape index (κ2) is 6.22. The lowest BCUT2D eigenvalue weighted by Gasteiger charge is -2.40. The number of aryl methyl sites for hydroxylation is 1. The van der Waals surface area contributed by atoms with Crippen LogP contribution in [0.3, 0.4) is 0 Å². The van der Waals surface area contributed by atoms with Gasteiger partial charge in [-0.15, -0.1) is 5.10 Å². The fraction of sp³-hybridized carbons (Fsp3) is 0.474. The number of hydrogen-bond acceptors (Lipinski definition) is 7. The maximum Gasteiger partial charge on any atom is 0.293 e. The van der Waals surface area contributed by atoms with Crippen LogP contribution in [0, 0.1) is 0 Å². The topological polar surface area (TPSA) is 92.4 Å². The molecule has 0 bridgehead atoms. The summed E-state index contributed by atoms with van der Waals surface area (Å²) in [7, 11) is 3.90. The van der Waals surface area contributed by atoms with E-state index in [1.54, 1.807) is 18.5 Å². The number of rotatable bonds is 2. The molecule has 1 aliphatic heterocycles. The van der Waals surface area contributed by atoms with Gasteiger partial charge in [-0.1, -0.05) is 0 Å². The van der Waals surface area contributed by atoms with E-state index in [0.29, 0.717) is 18.9 Å². The van der Waals surface area contributed by atoms with Crippen LogP contribution in [0.1, 0.15) is 41.1 Å². The molecule has 9 heteroatoms. The molecule has 144 valence electrons. The molecule has 3 aromatic rings. The third-order valence-electron chi connectivity index (χ3n) is 5.80. The van der Waals surface area contributed by atoms with Crippen molar-refractivity contribution in [1.82, 2.24) is 34.4 Å². The van der Waals surface area contributed by atoms with Gasteiger partial charge in [0.2, 0.25) is 11.8 Å². The van der Waals surface area contributed by atoms with E-state index in [-0.39, 0.29) is 17.1 Å². The molecule has 0 aromatic carbocycles. The highest BCUT2D eigenvalue weighted by molar-refractivity contribution is 5.91. The third kappa shape index (κ3) is 2.61. The maximum atomic E-state index is 13.1. The molecular weight excluding hydrogens is 356 g/mol. The van der Waals surface area contributed by atoms with Crippen LogP contribution in [0.5, 0.6) is 0 Å². The molecule has 1 saturated heterocycles. The zero-order valence-corrected chi connectivity index (χ0v) is 16.0. The fourth-order valence-electron chi connectivity index (χ4n) is 4.41. The van der Waals surface area contributed by atoms with Crippen molar-refractivity contribution in [3.05, 3.63) is 41.7 Å². The highest BCUT2D eigenvalue weighted by atomic mass is 16.2. The summed E-state index contributed by atoms with van der Waals surface area (Å²) in [6.45, 7) is 1.36. The predicted molar refractivity (Wildman–Crippen MR) is 102 cm³/mol. The molecule has 1 spiro atoms. The summed E-state index contributed by atoms with van der Waals surface area (Å²) in [5, 5.41) is 4.30. The Bertz CT molecular complexity index is 1020. The summed E-state index contributed by atoms with van der Waals surface area (Å²) in [4.78, 5) is 34.7. The Labute approximate surface area is 162 Å². The van der Waals surface area contributed by atoms with Crippen molar-refractivity contribution in [3.63, 3.8) is 0 Å². The fourth-order valence-corrected chi connectivity index (χ4v) is 4.41. The average molecular weight is 378 g/mol. The van der Waals surface area contributed by atoms with Crippen LogP contribution in [-0.2, 0) is 11.8 Å². The lowest BCUT2D eigenvalue weighted by atomic mass is 9.77. The van der Waals surface area contributed by atoms with Crippen LogP contribution < -0.4 is 4.90 Å². The van der Waals surface area contributed by atoms with Crippen LogP contribution >= 0.6 is 0 Å². The zero-order valence-electron chi connectivity index (χ0n) is 16.0. The summed E-state index contributed by atoms with van der Waals surface area (Å²) in [6.07, 6.45) is 9.27. The SMILES string of the molecule is CN(C)c1ncc2c(n1)C1(CCCN(C(=O)c3nc4ncccn4n3)C1)CC2. The van der Waals surface area contributed by atoms with Crippen molar-refractivity contribution in [3.8, 4) is 0 Å². The molecule has 1 atom stereocenters. The van der Waals surface area contributed by atoms with E-state index in [1.165, 1.54) is 10.1 Å². The molecule has 2 aliphatic rings. The van der Waals surface area contributed by atoms with Gasteiger partial charge in [-0.25, -0.2) is 19.5 Å². The lowest BCUT2D eigenvalue weighted by molar-refractivity contribution is 0.0621. The van der Waals surface area contributed by atoms with Crippen LogP contribution in [-0.4, -0.2) is 67.5 Å². The number of aromatic nitrogens is 6. The van der Waals surface area contributed by atoms with Crippen LogP contribution in [0.2, 0.25) is 0 Å². The molecule has 3 aromatic heterocycles. The van der Waals surface area contributed by atoms with Gasteiger partial charge in [0.05, 0.1) is 5.69 Å². The Morgan fingerprint density at radius 2 is 2.11 bits per heavy atom. The van der Waals surface area contributed by atoms with E-state index >= 15 is 0 Å². The van der Waals surface area contributed by atoms with Crippen molar-refractivity contribution in [2.24, 2.45) is 0 Å². The molecular formula is C19H22N8O. The number of fused-ring (bicyclic) bond motifs is 3. The van der Waals surface area contributed by atoms with Gasteiger partial charge in [0, 0.05) is 51.2 Å². The first-order valence-electron chi connectivity index (χ1n) is 9.56. The minimum atomic E-state index is -0.139. The summed E-state index contributed by atoms with van der Waals surface area (Å²) >= 11 is 0. The molecule has 4 heterocycles. The first-order valence-corrected chi connectivity index (χ1v) is 9.56. The number of amides is 1. The van der Waals surface area contributed by atoms with Crippen LogP contribution in [0.15, 0.2) is 24.7 Å². The summed E-state index contributed by atoms with van der Waals surface area (Å²) in [5.41, 5.74) is 2.21. The Morgan fingerprint density at radius 1 is 1.21 bits per heavy atom. The Kier molecular flexibility index (Phi) is 3.78. The second-order valence-corrected chi connectivity index (χ2v) is 7.85. The van der Waals surface area contributed by atoms with Crippen molar-refractivity contribution in [2.75, 3.05) is 32.1 Å². The Morgan fingerprint density at radius 3 is 2.93 bits per heavy atom. The highest BCUT2D eigenvalue weighted by Gasteiger charge is 2.45. The van der Waals surface area contributed by atoms with E-state index < -0.39 is 0 Å². The molecule has 9 nitrogen and oxygen atoms in total. The van der Waals surface area contributed by atoms with Gasteiger partial charge in [0.25, 0.3) is 11.7 Å². The van der Waals surface area contributed by atoms with Crippen molar-refractivity contribution >= 4 is 17.6 Å². The van der Waals surface area contributed by atoms with E-state index in [9.17, 15) is 4.79 Å². The maximum absolute atomic E-state index is 13.1. The van der Waals surface area contributed by atoms with E-state index in [1.807, 2.05) is 30.1 Å². The van der Waals surface area contributed by atoms with Crippen molar-refractivity contribution in [1.29, 1.82) is 0 Å². The Hall–Kier alpha value is -3.10. The molecule has 1 aliphatic carbocycles. The van der Waals surface area contributed by atoms with E-state index in [0.717, 1.165) is 37.3 Å². The standard InChI is InChI=1S/C19H22N8O/c1-25(2)17-21-11-13-5-7-19(14(13)22-17)6-3-9-26(12-19)16(28)15-23-18-20-8-4-10-27(18)24-15/h4,8,10-11H,3,5-7,9,12H2,1-2H3. The van der Waals surface area contributed by atoms with Gasteiger partial charge < -0.3 is 9.80 Å². The first-order chi connectivity index (χ1) is 13.6. The molecule has 1 unspecified atom stereocenters. The number of hydrogen-bond donors (Lipinski definition) is 0. The first kappa shape index (κ1) is 17.0. The number of nitrogens with zero attached hydrogens (tertiary/aromatic N) is 8.